The molecule has 0 spiro atoms. The van der Waals surface area contributed by atoms with E-state index < -0.39 is 0 Å². The smallest absolute Gasteiger partial charge is 0.256 e. The molecule has 0 fully saturated rings. The molecule has 2 aromatic carbocycles. The maximum absolute atomic E-state index is 12.2. The van der Waals surface area contributed by atoms with Crippen molar-refractivity contribution in [3.8, 4) is 6.07 Å². The standard InChI is InChI=1S/C14H9BrClN3O/c15-11-3-2-9(18)6-10(11)14(20)19-13-4-1-8(7-17)5-12(13)16/h1-6H,18H2,(H,19,20). The minimum Gasteiger partial charge on any atom is -0.399 e. The summed E-state index contributed by atoms with van der Waals surface area (Å²) in [5, 5.41) is 11.7. The van der Waals surface area contributed by atoms with E-state index in [1.807, 2.05) is 6.07 Å². The van der Waals surface area contributed by atoms with Crippen molar-refractivity contribution in [2.75, 3.05) is 11.1 Å². The van der Waals surface area contributed by atoms with Crippen molar-refractivity contribution in [3.63, 3.8) is 0 Å². The molecule has 3 N–H and O–H groups in total. The second-order valence-electron chi connectivity index (χ2n) is 4.00. The highest BCUT2D eigenvalue weighted by molar-refractivity contribution is 9.10. The summed E-state index contributed by atoms with van der Waals surface area (Å²) in [6, 6.07) is 11.6. The molecule has 4 nitrogen and oxygen atoms in total. The Hall–Kier alpha value is -2.03. The molecular weight excluding hydrogens is 342 g/mol. The zero-order valence-corrected chi connectivity index (χ0v) is 12.5. The fourth-order valence-electron chi connectivity index (χ4n) is 1.59. The number of amides is 1. The molecule has 2 rings (SSSR count). The highest BCUT2D eigenvalue weighted by Gasteiger charge is 2.12. The van der Waals surface area contributed by atoms with Gasteiger partial charge in [0, 0.05) is 10.2 Å². The quantitative estimate of drug-likeness (QED) is 0.808. The number of rotatable bonds is 2. The molecule has 100 valence electrons. The predicted molar refractivity (Wildman–Crippen MR) is 82.7 cm³/mol. The molecule has 0 aliphatic heterocycles. The maximum Gasteiger partial charge on any atom is 0.256 e. The minimum absolute atomic E-state index is 0.303. The van der Waals surface area contributed by atoms with Crippen LogP contribution < -0.4 is 11.1 Å². The van der Waals surface area contributed by atoms with E-state index in [0.29, 0.717) is 32.0 Å². The number of nitrogens with one attached hydrogen (secondary N) is 1. The summed E-state index contributed by atoms with van der Waals surface area (Å²) in [6.45, 7) is 0. The molecule has 6 heteroatoms. The summed E-state index contributed by atoms with van der Waals surface area (Å²) in [5.41, 5.74) is 7.43. The highest BCUT2D eigenvalue weighted by Crippen LogP contribution is 2.25. The third kappa shape index (κ3) is 3.10. The highest BCUT2D eigenvalue weighted by atomic mass is 79.9. The fourth-order valence-corrected chi connectivity index (χ4v) is 2.25. The Morgan fingerprint density at radius 2 is 2.05 bits per heavy atom. The molecule has 0 aliphatic carbocycles. The van der Waals surface area contributed by atoms with Gasteiger partial charge in [0.15, 0.2) is 0 Å². The van der Waals surface area contributed by atoms with Crippen molar-refractivity contribution >= 4 is 44.8 Å². The topological polar surface area (TPSA) is 78.9 Å². The Balaban J connectivity index is 2.28. The number of nitrogens with zero attached hydrogens (tertiary/aromatic N) is 1. The lowest BCUT2D eigenvalue weighted by Crippen LogP contribution is -2.13. The molecule has 0 aromatic heterocycles. The second-order valence-corrected chi connectivity index (χ2v) is 5.26. The van der Waals surface area contributed by atoms with Gasteiger partial charge in [-0.15, -0.1) is 0 Å². The molecule has 0 saturated carbocycles. The zero-order valence-electron chi connectivity index (χ0n) is 10.2. The van der Waals surface area contributed by atoms with Crippen molar-refractivity contribution in [3.05, 3.63) is 57.0 Å². The summed E-state index contributed by atoms with van der Waals surface area (Å²) in [5.74, 6) is -0.337. The first-order valence-corrected chi connectivity index (χ1v) is 6.74. The predicted octanol–water partition coefficient (Wildman–Crippen LogP) is 3.81. The molecule has 2 aromatic rings. The Morgan fingerprint density at radius 1 is 1.30 bits per heavy atom. The summed E-state index contributed by atoms with van der Waals surface area (Å²) < 4.78 is 0.633. The normalized spacial score (nSPS) is 9.85. The van der Waals surface area contributed by atoms with E-state index in [1.54, 1.807) is 30.3 Å². The summed E-state index contributed by atoms with van der Waals surface area (Å²) in [4.78, 5) is 12.2. The molecule has 0 atom stereocenters. The number of hydrogen-bond donors (Lipinski definition) is 2. The molecule has 0 unspecified atom stereocenters. The molecular formula is C14H9BrClN3O. The van der Waals surface area contributed by atoms with Crippen LogP contribution in [0.4, 0.5) is 11.4 Å². The van der Waals surface area contributed by atoms with Crippen LogP contribution in [0.1, 0.15) is 15.9 Å². The van der Waals surface area contributed by atoms with Gasteiger partial charge in [0.1, 0.15) is 0 Å². The number of carbonyl (C=O) groups excluding carboxylic acids is 1. The first-order chi connectivity index (χ1) is 9.51. The van der Waals surface area contributed by atoms with Crippen LogP contribution in [0.3, 0.4) is 0 Å². The summed E-state index contributed by atoms with van der Waals surface area (Å²) >= 11 is 9.30. The first kappa shape index (κ1) is 14.4. The Kier molecular flexibility index (Phi) is 4.28. The number of nitrogen functional groups attached to an aromatic ring is 1. The Labute approximate surface area is 129 Å². The Bertz CT molecular complexity index is 725. The van der Waals surface area contributed by atoms with Crippen LogP contribution in [0.5, 0.6) is 0 Å². The molecule has 0 radical (unpaired) electrons. The molecule has 0 saturated heterocycles. The van der Waals surface area contributed by atoms with E-state index in [9.17, 15) is 4.79 Å². The van der Waals surface area contributed by atoms with Gasteiger partial charge in [-0.3, -0.25) is 4.79 Å². The lowest BCUT2D eigenvalue weighted by Gasteiger charge is -2.09. The molecule has 0 heterocycles. The number of benzene rings is 2. The van der Waals surface area contributed by atoms with E-state index in [1.165, 1.54) is 6.07 Å². The molecule has 0 bridgehead atoms. The molecule has 20 heavy (non-hydrogen) atoms. The van der Waals surface area contributed by atoms with E-state index >= 15 is 0 Å². The van der Waals surface area contributed by atoms with Gasteiger partial charge in [-0.25, -0.2) is 0 Å². The fraction of sp³-hybridized carbons (Fsp3) is 0. The lowest BCUT2D eigenvalue weighted by molar-refractivity contribution is 0.102. The van der Waals surface area contributed by atoms with E-state index in [4.69, 9.17) is 22.6 Å². The summed E-state index contributed by atoms with van der Waals surface area (Å²) in [7, 11) is 0. The van der Waals surface area contributed by atoms with E-state index in [2.05, 4.69) is 21.2 Å². The third-order valence-electron chi connectivity index (χ3n) is 2.58. The maximum atomic E-state index is 12.2. The number of nitriles is 1. The second kappa shape index (κ2) is 5.95. The third-order valence-corrected chi connectivity index (χ3v) is 3.59. The van der Waals surface area contributed by atoms with Crippen molar-refractivity contribution in [2.45, 2.75) is 0 Å². The number of halogens is 2. The van der Waals surface area contributed by atoms with Crippen molar-refractivity contribution in [1.29, 1.82) is 5.26 Å². The van der Waals surface area contributed by atoms with Crippen molar-refractivity contribution in [1.82, 2.24) is 0 Å². The molecule has 0 aliphatic rings. The van der Waals surface area contributed by atoms with Gasteiger partial charge in [-0.05, 0) is 52.3 Å². The van der Waals surface area contributed by atoms with Crippen LogP contribution in [0.15, 0.2) is 40.9 Å². The first-order valence-electron chi connectivity index (χ1n) is 5.57. The Morgan fingerprint density at radius 3 is 2.70 bits per heavy atom. The monoisotopic (exact) mass is 349 g/mol. The largest absolute Gasteiger partial charge is 0.399 e. The minimum atomic E-state index is -0.337. The number of nitrogens with two attached hydrogens (primary N) is 1. The van der Waals surface area contributed by atoms with Gasteiger partial charge in [-0.1, -0.05) is 11.6 Å². The van der Waals surface area contributed by atoms with Gasteiger partial charge in [0.25, 0.3) is 5.91 Å². The van der Waals surface area contributed by atoms with Crippen molar-refractivity contribution < 1.29 is 4.79 Å². The van der Waals surface area contributed by atoms with Gasteiger partial charge >= 0.3 is 0 Å². The van der Waals surface area contributed by atoms with Crippen LogP contribution in [-0.2, 0) is 0 Å². The van der Waals surface area contributed by atoms with Gasteiger partial charge in [0.05, 0.1) is 27.9 Å². The zero-order chi connectivity index (χ0) is 14.7. The van der Waals surface area contributed by atoms with Gasteiger partial charge in [-0.2, -0.15) is 5.26 Å². The number of anilines is 2. The van der Waals surface area contributed by atoms with Gasteiger partial charge in [0.2, 0.25) is 0 Å². The average molecular weight is 351 g/mol. The van der Waals surface area contributed by atoms with E-state index in [0.717, 1.165) is 0 Å². The van der Waals surface area contributed by atoms with Crippen LogP contribution in [0.25, 0.3) is 0 Å². The lowest BCUT2D eigenvalue weighted by atomic mass is 10.1. The summed E-state index contributed by atoms with van der Waals surface area (Å²) in [6.07, 6.45) is 0. The van der Waals surface area contributed by atoms with Crippen LogP contribution in [0, 0.1) is 11.3 Å². The average Bonchev–Trinajstić information content (AvgIpc) is 2.43. The number of carbonyl (C=O) groups is 1. The van der Waals surface area contributed by atoms with Crippen LogP contribution in [0.2, 0.25) is 5.02 Å². The molecule has 1 amide bonds. The van der Waals surface area contributed by atoms with Crippen LogP contribution in [-0.4, -0.2) is 5.91 Å². The number of hydrogen-bond acceptors (Lipinski definition) is 3. The van der Waals surface area contributed by atoms with Gasteiger partial charge < -0.3 is 11.1 Å². The van der Waals surface area contributed by atoms with Crippen molar-refractivity contribution in [2.24, 2.45) is 0 Å². The van der Waals surface area contributed by atoms with Crippen LogP contribution >= 0.6 is 27.5 Å². The SMILES string of the molecule is N#Cc1ccc(NC(=O)c2cc(N)ccc2Br)c(Cl)c1. The van der Waals surface area contributed by atoms with E-state index in [-0.39, 0.29) is 5.91 Å².